The molecule has 0 atom stereocenters. The van der Waals surface area contributed by atoms with Crippen molar-refractivity contribution >= 4 is 17.5 Å². The van der Waals surface area contributed by atoms with Crippen LogP contribution in [-0.4, -0.2) is 18.6 Å². The van der Waals surface area contributed by atoms with Gasteiger partial charge in [0.15, 0.2) is 11.5 Å². The maximum absolute atomic E-state index is 12.2. The highest BCUT2D eigenvalue weighted by atomic mass is 16.7. The van der Waals surface area contributed by atoms with Gasteiger partial charge < -0.3 is 20.1 Å². The Bertz CT molecular complexity index is 741. The lowest BCUT2D eigenvalue weighted by Gasteiger charge is -2.07. The number of carbonyl (C=O) groups is 2. The van der Waals surface area contributed by atoms with Crippen molar-refractivity contribution in [3.05, 3.63) is 53.6 Å². The molecular formula is C17H16N2O4. The number of amides is 2. The van der Waals surface area contributed by atoms with Gasteiger partial charge in [-0.25, -0.2) is 0 Å². The first kappa shape index (κ1) is 14.9. The summed E-state index contributed by atoms with van der Waals surface area (Å²) in [6, 6.07) is 12.4. The largest absolute Gasteiger partial charge is 0.454 e. The Morgan fingerprint density at radius 3 is 2.52 bits per heavy atom. The van der Waals surface area contributed by atoms with Gasteiger partial charge in [-0.05, 0) is 35.9 Å². The Balaban J connectivity index is 1.59. The van der Waals surface area contributed by atoms with E-state index < -0.39 is 0 Å². The molecule has 6 nitrogen and oxygen atoms in total. The van der Waals surface area contributed by atoms with E-state index in [1.807, 2.05) is 12.1 Å². The summed E-state index contributed by atoms with van der Waals surface area (Å²) in [6.07, 6.45) is 0. The third-order valence-corrected chi connectivity index (χ3v) is 3.36. The van der Waals surface area contributed by atoms with Crippen LogP contribution in [0.15, 0.2) is 42.5 Å². The molecule has 0 spiro atoms. The number of nitrogens with one attached hydrogen (secondary N) is 2. The molecule has 0 fully saturated rings. The molecule has 0 saturated heterocycles. The highest BCUT2D eigenvalue weighted by Gasteiger charge is 2.15. The normalized spacial score (nSPS) is 11.9. The van der Waals surface area contributed by atoms with Gasteiger partial charge in [0.2, 0.25) is 12.7 Å². The smallest absolute Gasteiger partial charge is 0.251 e. The molecule has 2 aromatic rings. The summed E-state index contributed by atoms with van der Waals surface area (Å²) in [5, 5.41) is 5.54. The Labute approximate surface area is 133 Å². The Morgan fingerprint density at radius 1 is 1.04 bits per heavy atom. The molecular weight excluding hydrogens is 296 g/mol. The zero-order chi connectivity index (χ0) is 16.2. The monoisotopic (exact) mass is 312 g/mol. The number of hydrogen-bond acceptors (Lipinski definition) is 4. The summed E-state index contributed by atoms with van der Waals surface area (Å²) in [4.78, 5) is 23.1. The molecule has 3 rings (SSSR count). The predicted molar refractivity (Wildman–Crippen MR) is 84.5 cm³/mol. The van der Waals surface area contributed by atoms with Gasteiger partial charge in [-0.3, -0.25) is 9.59 Å². The van der Waals surface area contributed by atoms with Crippen LogP contribution in [-0.2, 0) is 11.3 Å². The van der Waals surface area contributed by atoms with Crippen LogP contribution >= 0.6 is 0 Å². The minimum absolute atomic E-state index is 0.117. The van der Waals surface area contributed by atoms with E-state index in [2.05, 4.69) is 10.6 Å². The molecule has 1 aliphatic heterocycles. The Morgan fingerprint density at radius 2 is 1.78 bits per heavy atom. The highest BCUT2D eigenvalue weighted by molar-refractivity contribution is 5.95. The van der Waals surface area contributed by atoms with Crippen molar-refractivity contribution in [2.75, 3.05) is 12.1 Å². The molecule has 0 aromatic heterocycles. The molecule has 0 aliphatic carbocycles. The molecule has 2 amide bonds. The van der Waals surface area contributed by atoms with Crippen LogP contribution in [0.4, 0.5) is 5.69 Å². The zero-order valence-electron chi connectivity index (χ0n) is 12.6. The van der Waals surface area contributed by atoms with Crippen molar-refractivity contribution < 1.29 is 19.1 Å². The number of anilines is 1. The molecule has 0 bridgehead atoms. The van der Waals surface area contributed by atoms with Crippen molar-refractivity contribution in [2.24, 2.45) is 0 Å². The number of benzene rings is 2. The third-order valence-electron chi connectivity index (χ3n) is 3.36. The van der Waals surface area contributed by atoms with Crippen molar-refractivity contribution in [2.45, 2.75) is 13.5 Å². The van der Waals surface area contributed by atoms with Crippen LogP contribution in [0.3, 0.4) is 0 Å². The fourth-order valence-corrected chi connectivity index (χ4v) is 2.23. The molecule has 1 heterocycles. The quantitative estimate of drug-likeness (QED) is 0.908. The number of fused-ring (bicyclic) bond motifs is 1. The van der Waals surface area contributed by atoms with E-state index in [1.165, 1.54) is 6.92 Å². The van der Waals surface area contributed by atoms with E-state index in [0.717, 1.165) is 11.3 Å². The van der Waals surface area contributed by atoms with E-state index in [-0.39, 0.29) is 18.6 Å². The predicted octanol–water partition coefficient (Wildman–Crippen LogP) is 2.30. The lowest BCUT2D eigenvalue weighted by molar-refractivity contribution is -0.114. The SMILES string of the molecule is CC(=O)Nc1ccc(CNC(=O)c2ccc3c(c2)OCO3)cc1. The van der Waals surface area contributed by atoms with Crippen molar-refractivity contribution in [3.8, 4) is 11.5 Å². The van der Waals surface area contributed by atoms with Crippen LogP contribution < -0.4 is 20.1 Å². The van der Waals surface area contributed by atoms with Gasteiger partial charge in [0.25, 0.3) is 5.91 Å². The first-order valence-electron chi connectivity index (χ1n) is 7.16. The highest BCUT2D eigenvalue weighted by Crippen LogP contribution is 2.32. The van der Waals surface area contributed by atoms with Gasteiger partial charge >= 0.3 is 0 Å². The van der Waals surface area contributed by atoms with Crippen LogP contribution in [0, 0.1) is 0 Å². The summed E-state index contributed by atoms with van der Waals surface area (Å²) >= 11 is 0. The molecule has 0 saturated carbocycles. The fourth-order valence-electron chi connectivity index (χ4n) is 2.23. The van der Waals surface area contributed by atoms with Gasteiger partial charge in [0.1, 0.15) is 0 Å². The molecule has 118 valence electrons. The summed E-state index contributed by atoms with van der Waals surface area (Å²) in [5.41, 5.74) is 2.18. The lowest BCUT2D eigenvalue weighted by Crippen LogP contribution is -2.22. The van der Waals surface area contributed by atoms with E-state index in [1.54, 1.807) is 30.3 Å². The van der Waals surface area contributed by atoms with Gasteiger partial charge in [-0.2, -0.15) is 0 Å². The van der Waals surface area contributed by atoms with Crippen LogP contribution in [0.1, 0.15) is 22.8 Å². The van der Waals surface area contributed by atoms with Crippen LogP contribution in [0.5, 0.6) is 11.5 Å². The summed E-state index contributed by atoms with van der Waals surface area (Å²) in [5.74, 6) is 0.926. The first-order valence-corrected chi connectivity index (χ1v) is 7.16. The molecule has 2 N–H and O–H groups in total. The van der Waals surface area contributed by atoms with Crippen LogP contribution in [0.2, 0.25) is 0 Å². The van der Waals surface area contributed by atoms with E-state index in [9.17, 15) is 9.59 Å². The summed E-state index contributed by atoms with van der Waals surface area (Å²) < 4.78 is 10.5. The second-order valence-corrected chi connectivity index (χ2v) is 5.13. The maximum atomic E-state index is 12.2. The number of hydrogen-bond donors (Lipinski definition) is 2. The molecule has 6 heteroatoms. The van der Waals surface area contributed by atoms with E-state index >= 15 is 0 Å². The average molecular weight is 312 g/mol. The van der Waals surface area contributed by atoms with Crippen molar-refractivity contribution in [3.63, 3.8) is 0 Å². The number of rotatable bonds is 4. The lowest BCUT2D eigenvalue weighted by atomic mass is 10.1. The second kappa shape index (κ2) is 6.39. The number of carbonyl (C=O) groups excluding carboxylic acids is 2. The Kier molecular flexibility index (Phi) is 4.14. The molecule has 2 aromatic carbocycles. The Hall–Kier alpha value is -3.02. The average Bonchev–Trinajstić information content (AvgIpc) is 3.01. The second-order valence-electron chi connectivity index (χ2n) is 5.13. The first-order chi connectivity index (χ1) is 11.1. The molecule has 23 heavy (non-hydrogen) atoms. The van der Waals surface area contributed by atoms with Gasteiger partial charge in [0.05, 0.1) is 0 Å². The standard InChI is InChI=1S/C17H16N2O4/c1-11(20)19-14-5-2-12(3-6-14)9-18-17(21)13-4-7-15-16(8-13)23-10-22-15/h2-8H,9-10H2,1H3,(H,18,21)(H,19,20). The van der Waals surface area contributed by atoms with Gasteiger partial charge in [-0.1, -0.05) is 12.1 Å². The molecule has 0 unspecified atom stereocenters. The topological polar surface area (TPSA) is 76.7 Å². The number of ether oxygens (including phenoxy) is 2. The van der Waals surface area contributed by atoms with Crippen LogP contribution in [0.25, 0.3) is 0 Å². The fraction of sp³-hybridized carbons (Fsp3) is 0.176. The molecule has 0 radical (unpaired) electrons. The molecule has 1 aliphatic rings. The van der Waals surface area contributed by atoms with Gasteiger partial charge in [-0.15, -0.1) is 0 Å². The zero-order valence-corrected chi connectivity index (χ0v) is 12.6. The summed E-state index contributed by atoms with van der Waals surface area (Å²) in [6.45, 7) is 2.04. The minimum atomic E-state index is -0.186. The maximum Gasteiger partial charge on any atom is 0.251 e. The summed E-state index contributed by atoms with van der Waals surface area (Å²) in [7, 11) is 0. The minimum Gasteiger partial charge on any atom is -0.454 e. The van der Waals surface area contributed by atoms with Gasteiger partial charge in [0, 0.05) is 24.7 Å². The van der Waals surface area contributed by atoms with Crippen molar-refractivity contribution in [1.82, 2.24) is 5.32 Å². The van der Waals surface area contributed by atoms with E-state index in [4.69, 9.17) is 9.47 Å². The third kappa shape index (κ3) is 3.60. The van der Waals surface area contributed by atoms with E-state index in [0.29, 0.717) is 23.6 Å². The van der Waals surface area contributed by atoms with Crippen molar-refractivity contribution in [1.29, 1.82) is 0 Å².